The predicted molar refractivity (Wildman–Crippen MR) is 111 cm³/mol. The van der Waals surface area contributed by atoms with Gasteiger partial charge in [0.15, 0.2) is 0 Å². The molecular weight excluding hydrogens is 388 g/mol. The number of carbonyl (C=O) groups excluding carboxylic acids is 1. The van der Waals surface area contributed by atoms with Crippen molar-refractivity contribution < 1.29 is 19.5 Å². The Bertz CT molecular complexity index is 1060. The molecule has 0 spiro atoms. The predicted octanol–water partition coefficient (Wildman–Crippen LogP) is 1.23. The lowest BCUT2D eigenvalue weighted by Crippen LogP contribution is -2.45. The number of oxime groups is 1. The number of carboxylic acids is 1. The van der Waals surface area contributed by atoms with Gasteiger partial charge in [0.2, 0.25) is 5.60 Å². The molecule has 0 radical (unpaired) electrons. The third-order valence-electron chi connectivity index (χ3n) is 4.59. The maximum atomic E-state index is 12.9. The highest BCUT2D eigenvalue weighted by Gasteiger charge is 2.48. The monoisotopic (exact) mass is 408 g/mol. The smallest absolute Gasteiger partial charge is 0.308 e. The maximum absolute atomic E-state index is 12.9. The van der Waals surface area contributed by atoms with Crippen LogP contribution in [0.1, 0.15) is 29.5 Å². The normalized spacial score (nSPS) is 17.5. The van der Waals surface area contributed by atoms with Gasteiger partial charge in [0.1, 0.15) is 11.7 Å². The van der Waals surface area contributed by atoms with Gasteiger partial charge in [-0.3, -0.25) is 20.4 Å². The third-order valence-corrected chi connectivity index (χ3v) is 4.59. The van der Waals surface area contributed by atoms with Crippen molar-refractivity contribution in [3.63, 3.8) is 0 Å². The van der Waals surface area contributed by atoms with E-state index in [1.165, 1.54) is 0 Å². The first-order valence-corrected chi connectivity index (χ1v) is 8.88. The fourth-order valence-corrected chi connectivity index (χ4v) is 3.02. The summed E-state index contributed by atoms with van der Waals surface area (Å²) in [6.07, 6.45) is -0.665. The van der Waals surface area contributed by atoms with E-state index in [0.29, 0.717) is 28.1 Å². The van der Waals surface area contributed by atoms with E-state index in [4.69, 9.17) is 27.1 Å². The molecular formula is C20H20N6O4. The molecule has 30 heavy (non-hydrogen) atoms. The molecule has 0 aromatic heterocycles. The molecule has 0 saturated heterocycles. The van der Waals surface area contributed by atoms with Crippen molar-refractivity contribution in [2.75, 3.05) is 5.32 Å². The number of anilines is 1. The number of carbonyl (C=O) groups is 2. The maximum Gasteiger partial charge on any atom is 0.308 e. The number of amidine groups is 2. The van der Waals surface area contributed by atoms with Gasteiger partial charge in [-0.2, -0.15) is 0 Å². The Morgan fingerprint density at radius 2 is 1.77 bits per heavy atom. The van der Waals surface area contributed by atoms with Crippen molar-refractivity contribution >= 4 is 34.9 Å². The van der Waals surface area contributed by atoms with E-state index in [-0.39, 0.29) is 18.1 Å². The Labute approximate surface area is 171 Å². The summed E-state index contributed by atoms with van der Waals surface area (Å²) >= 11 is 0. The molecule has 0 fully saturated rings. The van der Waals surface area contributed by atoms with Crippen LogP contribution in [0.5, 0.6) is 0 Å². The van der Waals surface area contributed by atoms with E-state index in [9.17, 15) is 14.7 Å². The number of aliphatic carboxylic acids is 1. The Morgan fingerprint density at radius 1 is 1.10 bits per heavy atom. The Kier molecular flexibility index (Phi) is 5.50. The fraction of sp³-hybridized carbons (Fsp3) is 0.150. The van der Waals surface area contributed by atoms with Gasteiger partial charge in [0, 0.05) is 28.8 Å². The molecule has 2 aromatic rings. The summed E-state index contributed by atoms with van der Waals surface area (Å²) < 4.78 is 0. The van der Waals surface area contributed by atoms with Gasteiger partial charge >= 0.3 is 5.97 Å². The second kappa shape index (κ2) is 8.03. The second-order valence-corrected chi connectivity index (χ2v) is 6.81. The van der Waals surface area contributed by atoms with Crippen molar-refractivity contribution in [3.05, 3.63) is 65.2 Å². The average molecular weight is 408 g/mol. The lowest BCUT2D eigenvalue weighted by atomic mass is 9.89. The number of nitrogen functional groups attached to an aromatic ring is 2. The van der Waals surface area contributed by atoms with Crippen molar-refractivity contribution in [1.29, 1.82) is 10.8 Å². The fourth-order valence-electron chi connectivity index (χ4n) is 3.02. The van der Waals surface area contributed by atoms with Crippen molar-refractivity contribution in [3.8, 4) is 0 Å². The molecule has 1 amide bonds. The van der Waals surface area contributed by atoms with Gasteiger partial charge in [0.05, 0.1) is 12.1 Å². The second-order valence-electron chi connectivity index (χ2n) is 6.81. The van der Waals surface area contributed by atoms with Crippen molar-refractivity contribution in [2.24, 2.45) is 16.6 Å². The summed E-state index contributed by atoms with van der Waals surface area (Å²) in [5.41, 5.74) is 11.5. The van der Waals surface area contributed by atoms with E-state index >= 15 is 0 Å². The summed E-state index contributed by atoms with van der Waals surface area (Å²) in [5, 5.41) is 30.9. The SMILES string of the molecule is N=C(N)c1ccc(NC(=O)C2(CC(=O)O)CC(c3cccc(C(=N)N)c3)=NO2)cc1. The molecule has 1 aliphatic heterocycles. The number of benzene rings is 2. The zero-order valence-corrected chi connectivity index (χ0v) is 15.8. The van der Waals surface area contributed by atoms with E-state index in [2.05, 4.69) is 10.5 Å². The van der Waals surface area contributed by atoms with E-state index in [0.717, 1.165) is 0 Å². The van der Waals surface area contributed by atoms with Gasteiger partial charge in [-0.05, 0) is 30.3 Å². The van der Waals surface area contributed by atoms with Crippen LogP contribution in [0.3, 0.4) is 0 Å². The van der Waals surface area contributed by atoms with Gasteiger partial charge in [-0.15, -0.1) is 0 Å². The number of hydrogen-bond donors (Lipinski definition) is 6. The van der Waals surface area contributed by atoms with Crippen LogP contribution in [0, 0.1) is 10.8 Å². The molecule has 154 valence electrons. The molecule has 1 unspecified atom stereocenters. The summed E-state index contributed by atoms with van der Waals surface area (Å²) in [5.74, 6) is -2.12. The zero-order chi connectivity index (χ0) is 21.9. The van der Waals surface area contributed by atoms with Gasteiger partial charge in [-0.25, -0.2) is 0 Å². The summed E-state index contributed by atoms with van der Waals surface area (Å²) in [6.45, 7) is 0. The van der Waals surface area contributed by atoms with Crippen LogP contribution in [0.15, 0.2) is 53.7 Å². The van der Waals surface area contributed by atoms with Crippen LogP contribution < -0.4 is 16.8 Å². The van der Waals surface area contributed by atoms with Gasteiger partial charge in [-0.1, -0.05) is 23.4 Å². The van der Waals surface area contributed by atoms with Crippen LogP contribution in [-0.4, -0.2) is 40.0 Å². The number of carboxylic acid groups (broad SMARTS) is 1. The molecule has 10 nitrogen and oxygen atoms in total. The first-order valence-electron chi connectivity index (χ1n) is 8.88. The highest BCUT2D eigenvalue weighted by atomic mass is 16.7. The lowest BCUT2D eigenvalue weighted by Gasteiger charge is -2.23. The highest BCUT2D eigenvalue weighted by molar-refractivity contribution is 6.10. The molecule has 1 atom stereocenters. The minimum absolute atomic E-state index is 0.0714. The standard InChI is InChI=1S/C20H20N6O4/c21-17(22)11-4-6-14(7-5-11)25-19(29)20(10-16(27)28)9-15(26-30-20)12-2-1-3-13(8-12)18(23)24/h1-8H,9-10H2,(H3,21,22)(H3,23,24)(H,25,29)(H,27,28). The number of rotatable bonds is 7. The van der Waals surface area contributed by atoms with E-state index < -0.39 is 23.9 Å². The van der Waals surface area contributed by atoms with Crippen molar-refractivity contribution in [1.82, 2.24) is 0 Å². The molecule has 3 rings (SSSR count). The lowest BCUT2D eigenvalue weighted by molar-refractivity contribution is -0.152. The first kappa shape index (κ1) is 20.5. The Balaban J connectivity index is 1.83. The number of amides is 1. The highest BCUT2D eigenvalue weighted by Crippen LogP contribution is 2.32. The van der Waals surface area contributed by atoms with E-state index in [1.54, 1.807) is 48.5 Å². The topological polar surface area (TPSA) is 188 Å². The molecule has 8 N–H and O–H groups in total. The van der Waals surface area contributed by atoms with Crippen LogP contribution >= 0.6 is 0 Å². The van der Waals surface area contributed by atoms with E-state index in [1.807, 2.05) is 0 Å². The largest absolute Gasteiger partial charge is 0.481 e. The third kappa shape index (κ3) is 4.27. The molecule has 2 aromatic carbocycles. The minimum Gasteiger partial charge on any atom is -0.481 e. The first-order chi connectivity index (χ1) is 14.2. The molecule has 1 aliphatic rings. The Morgan fingerprint density at radius 3 is 2.37 bits per heavy atom. The minimum atomic E-state index is -1.73. The van der Waals surface area contributed by atoms with Crippen LogP contribution in [-0.2, 0) is 14.4 Å². The van der Waals surface area contributed by atoms with Crippen LogP contribution in [0.2, 0.25) is 0 Å². The van der Waals surface area contributed by atoms with Crippen LogP contribution in [0.4, 0.5) is 5.69 Å². The summed E-state index contributed by atoms with van der Waals surface area (Å²) in [4.78, 5) is 29.8. The molecule has 1 heterocycles. The summed E-state index contributed by atoms with van der Waals surface area (Å²) in [7, 11) is 0. The number of nitrogens with two attached hydrogens (primary N) is 2. The average Bonchev–Trinajstić information content (AvgIpc) is 3.13. The molecule has 0 bridgehead atoms. The van der Waals surface area contributed by atoms with Gasteiger partial charge < -0.3 is 26.7 Å². The summed E-state index contributed by atoms with van der Waals surface area (Å²) in [6, 6.07) is 12.9. The molecule has 0 saturated carbocycles. The van der Waals surface area contributed by atoms with Gasteiger partial charge in [0.25, 0.3) is 5.91 Å². The quantitative estimate of drug-likeness (QED) is 0.295. The number of hydrogen-bond acceptors (Lipinski definition) is 6. The molecule has 0 aliphatic carbocycles. The zero-order valence-electron chi connectivity index (χ0n) is 15.8. The number of nitrogens with one attached hydrogen (secondary N) is 3. The Hall–Kier alpha value is -4.21. The van der Waals surface area contributed by atoms with Crippen LogP contribution in [0.25, 0.3) is 0 Å². The van der Waals surface area contributed by atoms with Crippen molar-refractivity contribution in [2.45, 2.75) is 18.4 Å². The molecule has 10 heteroatoms. The number of nitrogens with zero attached hydrogens (tertiary/aromatic N) is 1.